The number of azo groups is 1. The molecule has 0 saturated heterocycles. The maximum Gasteiger partial charge on any atom is 0.452 e. The first-order valence-electron chi connectivity index (χ1n) is 13.6. The lowest BCUT2D eigenvalue weighted by molar-refractivity contribution is 0.0656. The summed E-state index contributed by atoms with van der Waals surface area (Å²) in [5.74, 6) is 3.59. The largest absolute Gasteiger partial charge is 0.452 e. The van der Waals surface area contributed by atoms with E-state index in [0.717, 1.165) is 0 Å². The average Bonchev–Trinajstić information content (AvgIpc) is 3.42. The number of fused-ring (bicyclic) bond motifs is 2. The zero-order valence-corrected chi connectivity index (χ0v) is 25.3. The van der Waals surface area contributed by atoms with Gasteiger partial charge in [0.25, 0.3) is 23.6 Å². The van der Waals surface area contributed by atoms with E-state index in [0.29, 0.717) is 41.6 Å². The van der Waals surface area contributed by atoms with Crippen molar-refractivity contribution in [2.24, 2.45) is 10.2 Å². The second kappa shape index (κ2) is 19.5. The Hall–Kier alpha value is -5.66. The van der Waals surface area contributed by atoms with Crippen molar-refractivity contribution in [2.45, 2.75) is 52.7 Å². The molecule has 0 bridgehead atoms. The number of hydrogen-bond acceptors (Lipinski definition) is 9. The van der Waals surface area contributed by atoms with E-state index in [1.54, 1.807) is 76.2 Å². The molecular weight excluding hydrogens is 584 g/mol. The summed E-state index contributed by atoms with van der Waals surface area (Å²) in [6.45, 7) is 7.07. The molecule has 2 aliphatic rings. The maximum atomic E-state index is 11.7. The highest BCUT2D eigenvalue weighted by atomic mass is 16.6. The number of ether oxygens (including phenoxy) is 2. The first-order valence-corrected chi connectivity index (χ1v) is 13.6. The predicted octanol–water partition coefficient (Wildman–Crippen LogP) is 4.41. The Morgan fingerprint density at radius 2 is 1.13 bits per heavy atom. The Morgan fingerprint density at radius 1 is 0.756 bits per heavy atom. The van der Waals surface area contributed by atoms with Crippen molar-refractivity contribution in [3.63, 3.8) is 0 Å². The smallest absolute Gasteiger partial charge is 0.444 e. The van der Waals surface area contributed by atoms with E-state index in [4.69, 9.17) is 18.0 Å². The van der Waals surface area contributed by atoms with Gasteiger partial charge in [0.1, 0.15) is 0 Å². The molecule has 0 aliphatic carbocycles. The summed E-state index contributed by atoms with van der Waals surface area (Å²) in [4.78, 5) is 68.1. The van der Waals surface area contributed by atoms with Crippen molar-refractivity contribution in [3.8, 4) is 24.7 Å². The summed E-state index contributed by atoms with van der Waals surface area (Å²) in [5, 5.41) is 16.1. The highest BCUT2D eigenvalue weighted by Gasteiger charge is 2.34. The number of hydrogen-bond donors (Lipinski definition) is 2. The molecule has 6 amide bonds. The molecule has 13 nitrogen and oxygen atoms in total. The summed E-state index contributed by atoms with van der Waals surface area (Å²) >= 11 is 0. The first-order chi connectivity index (χ1) is 21.4. The molecule has 0 spiro atoms. The fraction of sp³-hybridized carbons (Fsp3) is 0.312. The molecule has 0 aromatic heterocycles. The van der Waals surface area contributed by atoms with E-state index in [1.165, 1.54) is 4.90 Å². The normalized spacial score (nSPS) is 12.3. The van der Waals surface area contributed by atoms with Crippen LogP contribution in [0.15, 0.2) is 58.8 Å². The quantitative estimate of drug-likeness (QED) is 0.279. The van der Waals surface area contributed by atoms with Crippen molar-refractivity contribution in [1.29, 1.82) is 0 Å². The molecule has 4 rings (SSSR count). The van der Waals surface area contributed by atoms with Gasteiger partial charge in [-0.2, -0.15) is 0 Å². The molecule has 0 atom stereocenters. The second-order valence-electron chi connectivity index (χ2n) is 9.33. The SMILES string of the molecule is C#CCCN1C(=O)c2ccccc2C1=O.C#CCCO.CC(C)OC(=O)N=NC(=O)OC(C)C.O=C1NC(=O)c2ccccc21. The van der Waals surface area contributed by atoms with Gasteiger partial charge in [0.15, 0.2) is 0 Å². The molecule has 0 fully saturated rings. The van der Waals surface area contributed by atoms with E-state index < -0.39 is 12.2 Å². The molecule has 0 saturated carbocycles. The number of aliphatic hydroxyl groups excluding tert-OH is 1. The summed E-state index contributed by atoms with van der Waals surface area (Å²) < 4.78 is 9.20. The van der Waals surface area contributed by atoms with Gasteiger partial charge in [0.05, 0.1) is 41.1 Å². The number of imide groups is 2. The molecule has 2 aliphatic heterocycles. The zero-order valence-electron chi connectivity index (χ0n) is 25.3. The molecule has 0 unspecified atom stereocenters. The second-order valence-corrected chi connectivity index (χ2v) is 9.33. The van der Waals surface area contributed by atoms with Crippen LogP contribution in [0.25, 0.3) is 0 Å². The van der Waals surface area contributed by atoms with Gasteiger partial charge in [-0.3, -0.25) is 29.4 Å². The summed E-state index contributed by atoms with van der Waals surface area (Å²) in [5.41, 5.74) is 1.88. The van der Waals surface area contributed by atoms with E-state index in [1.807, 2.05) is 0 Å². The first kappa shape index (κ1) is 37.4. The molecule has 2 aromatic rings. The van der Waals surface area contributed by atoms with Crippen LogP contribution in [-0.4, -0.2) is 71.2 Å². The number of nitrogens with zero attached hydrogens (tertiary/aromatic N) is 3. The molecule has 13 heteroatoms. The number of carbonyl (C=O) groups is 6. The fourth-order valence-electron chi connectivity index (χ4n) is 3.33. The van der Waals surface area contributed by atoms with Crippen LogP contribution in [0.3, 0.4) is 0 Å². The van der Waals surface area contributed by atoms with Crippen LogP contribution in [-0.2, 0) is 9.47 Å². The minimum atomic E-state index is -0.902. The van der Waals surface area contributed by atoms with Gasteiger partial charge < -0.3 is 14.6 Å². The molecule has 2 heterocycles. The van der Waals surface area contributed by atoms with Gasteiger partial charge in [-0.05, 0) is 52.0 Å². The number of rotatable bonds is 5. The zero-order chi connectivity index (χ0) is 33.9. The predicted molar refractivity (Wildman–Crippen MR) is 162 cm³/mol. The van der Waals surface area contributed by atoms with Gasteiger partial charge in [0, 0.05) is 19.4 Å². The number of aliphatic hydroxyl groups is 1. The highest BCUT2D eigenvalue weighted by molar-refractivity contribution is 6.22. The van der Waals surface area contributed by atoms with E-state index in [-0.39, 0.29) is 42.4 Å². The minimum Gasteiger partial charge on any atom is -0.444 e. The summed E-state index contributed by atoms with van der Waals surface area (Å²) in [6, 6.07) is 13.5. The van der Waals surface area contributed by atoms with Crippen LogP contribution in [0.2, 0.25) is 0 Å². The summed E-state index contributed by atoms with van der Waals surface area (Å²) in [7, 11) is 0. The Bertz CT molecular complexity index is 1410. The van der Waals surface area contributed by atoms with Gasteiger partial charge >= 0.3 is 12.2 Å². The van der Waals surface area contributed by atoms with Crippen LogP contribution in [0.5, 0.6) is 0 Å². The van der Waals surface area contributed by atoms with Gasteiger partial charge in [-0.25, -0.2) is 9.59 Å². The molecule has 2 aromatic carbocycles. The minimum absolute atomic E-state index is 0.108. The molecule has 0 radical (unpaired) electrons. The van der Waals surface area contributed by atoms with Crippen LogP contribution in [0.1, 0.15) is 82.0 Å². The van der Waals surface area contributed by atoms with Crippen molar-refractivity contribution in [2.75, 3.05) is 13.2 Å². The van der Waals surface area contributed by atoms with Crippen molar-refractivity contribution in [3.05, 3.63) is 70.8 Å². The maximum absolute atomic E-state index is 11.7. The van der Waals surface area contributed by atoms with Crippen molar-refractivity contribution < 1.29 is 43.3 Å². The Morgan fingerprint density at radius 3 is 1.44 bits per heavy atom. The molecular formula is C32H34N4O9. The van der Waals surface area contributed by atoms with Crippen molar-refractivity contribution >= 4 is 35.8 Å². The third-order valence-electron chi connectivity index (χ3n) is 5.14. The number of amides is 6. The molecule has 2 N–H and O–H groups in total. The highest BCUT2D eigenvalue weighted by Crippen LogP contribution is 2.22. The van der Waals surface area contributed by atoms with Gasteiger partial charge in [-0.1, -0.05) is 34.5 Å². The lowest BCUT2D eigenvalue weighted by Gasteiger charge is -2.10. The van der Waals surface area contributed by atoms with Crippen LogP contribution in [0.4, 0.5) is 9.59 Å². The van der Waals surface area contributed by atoms with Crippen molar-refractivity contribution in [1.82, 2.24) is 10.2 Å². The Balaban J connectivity index is 0.000000316. The van der Waals surface area contributed by atoms with Crippen LogP contribution in [0, 0.1) is 24.7 Å². The Kier molecular flexibility index (Phi) is 16.2. The number of benzene rings is 2. The number of carbonyl (C=O) groups excluding carboxylic acids is 6. The topological polar surface area (TPSA) is 181 Å². The van der Waals surface area contributed by atoms with E-state index in [9.17, 15) is 28.8 Å². The monoisotopic (exact) mass is 618 g/mol. The third-order valence-corrected chi connectivity index (χ3v) is 5.14. The van der Waals surface area contributed by atoms with E-state index in [2.05, 4.69) is 36.9 Å². The summed E-state index contributed by atoms with van der Waals surface area (Å²) in [6.07, 6.45) is 8.32. The third kappa shape index (κ3) is 12.6. The standard InChI is InChI=1S/C12H9NO2.C8H14N2O4.C8H5NO2.C4H6O/c1-2-3-8-13-11(14)9-6-4-5-7-10(9)12(13)15;1-5(2)13-7(11)9-10-8(12)14-6(3)4;10-7-5-3-1-2-4-6(5)8(11)9-7;1-2-3-4-5/h1,4-7H,3,8H2;5-6H,1-4H3;1-4H,(H,9,10,11);1,5H,3-4H2. The lowest BCUT2D eigenvalue weighted by atomic mass is 10.1. The van der Waals surface area contributed by atoms with E-state index >= 15 is 0 Å². The van der Waals surface area contributed by atoms with Crippen LogP contribution >= 0.6 is 0 Å². The van der Waals surface area contributed by atoms with Gasteiger partial charge in [-0.15, -0.1) is 24.7 Å². The van der Waals surface area contributed by atoms with Crippen LogP contribution < -0.4 is 5.32 Å². The number of terminal acetylenes is 2. The Labute approximate surface area is 261 Å². The molecule has 45 heavy (non-hydrogen) atoms. The fourth-order valence-corrected chi connectivity index (χ4v) is 3.33. The molecule has 236 valence electrons. The number of nitrogens with one attached hydrogen (secondary N) is 1. The average molecular weight is 619 g/mol. The van der Waals surface area contributed by atoms with Gasteiger partial charge in [0.2, 0.25) is 0 Å². The lowest BCUT2D eigenvalue weighted by Crippen LogP contribution is -2.30.